The van der Waals surface area contributed by atoms with Crippen LogP contribution in [0.1, 0.15) is 12.8 Å². The minimum Gasteiger partial charge on any atom is -0.470 e. The molecule has 4 rings (SSSR count). The maximum atomic E-state index is 13.4. The molecule has 2 aromatic carbocycles. The van der Waals surface area contributed by atoms with Crippen molar-refractivity contribution in [2.45, 2.75) is 18.3 Å². The van der Waals surface area contributed by atoms with Crippen molar-refractivity contribution in [2.75, 3.05) is 37.0 Å². The van der Waals surface area contributed by atoms with Crippen molar-refractivity contribution in [1.29, 1.82) is 0 Å². The van der Waals surface area contributed by atoms with Gasteiger partial charge in [-0.1, -0.05) is 30.3 Å². The third-order valence-corrected chi connectivity index (χ3v) is 6.95. The van der Waals surface area contributed by atoms with E-state index in [0.717, 1.165) is 32.6 Å². The van der Waals surface area contributed by atoms with E-state index in [9.17, 15) is 8.42 Å². The predicted octanol–water partition coefficient (Wildman–Crippen LogP) is 3.40. The molecule has 0 saturated carbocycles. The molecule has 6 nitrogen and oxygen atoms in total. The first kappa shape index (κ1) is 23.8. The minimum atomic E-state index is -3.67. The summed E-state index contributed by atoms with van der Waals surface area (Å²) in [5, 5.41) is 3.37. The fourth-order valence-electron chi connectivity index (χ4n) is 3.65. The van der Waals surface area contributed by atoms with Gasteiger partial charge in [0.1, 0.15) is 5.75 Å². The molecule has 0 bridgehead atoms. The Kier molecular flexibility index (Phi) is 8.60. The van der Waals surface area contributed by atoms with E-state index in [-0.39, 0.29) is 24.8 Å². The third-order valence-electron chi connectivity index (χ3n) is 5.03. The van der Waals surface area contributed by atoms with Crippen LogP contribution in [-0.4, -0.2) is 51.5 Å². The molecule has 0 spiro atoms. The highest BCUT2D eigenvalue weighted by Crippen LogP contribution is 2.42. The smallest absolute Gasteiger partial charge is 0.278 e. The minimum absolute atomic E-state index is 0. The molecule has 29 heavy (non-hydrogen) atoms. The van der Waals surface area contributed by atoms with Crippen molar-refractivity contribution in [3.8, 4) is 5.75 Å². The quantitative estimate of drug-likeness (QED) is 0.758. The second-order valence-electron chi connectivity index (χ2n) is 6.89. The second kappa shape index (κ2) is 10.5. The zero-order valence-electron chi connectivity index (χ0n) is 16.1. The zero-order chi connectivity index (χ0) is 18.7. The lowest BCUT2D eigenvalue weighted by atomic mass is 10.2. The zero-order valence-corrected chi connectivity index (χ0v) is 18.5. The molecule has 2 aromatic rings. The molecule has 1 fully saturated rings. The molecule has 2 heterocycles. The van der Waals surface area contributed by atoms with Gasteiger partial charge in [-0.3, -0.25) is 0 Å². The first-order valence-corrected chi connectivity index (χ1v) is 10.9. The van der Waals surface area contributed by atoms with Crippen LogP contribution in [0, 0.1) is 0 Å². The maximum absolute atomic E-state index is 13.4. The number of benzene rings is 2. The molecular weight excluding hydrogens is 433 g/mol. The number of hydrogen-bond acceptors (Lipinski definition) is 5. The van der Waals surface area contributed by atoms with E-state index < -0.39 is 15.5 Å². The van der Waals surface area contributed by atoms with E-state index in [1.165, 1.54) is 4.31 Å². The lowest BCUT2D eigenvalue weighted by Gasteiger charge is -2.36. The molecule has 9 heteroatoms. The lowest BCUT2D eigenvalue weighted by molar-refractivity contribution is 0.214. The number of halogens is 2. The highest BCUT2D eigenvalue weighted by molar-refractivity contribution is 7.93. The largest absolute Gasteiger partial charge is 0.470 e. The molecule has 1 unspecified atom stereocenters. The van der Waals surface area contributed by atoms with Gasteiger partial charge in [-0.15, -0.1) is 24.8 Å². The third kappa shape index (κ3) is 5.16. The summed E-state index contributed by atoms with van der Waals surface area (Å²) >= 11 is 0. The van der Waals surface area contributed by atoms with Crippen LogP contribution in [0.15, 0.2) is 54.6 Å². The van der Waals surface area contributed by atoms with Crippen LogP contribution in [-0.2, 0) is 10.0 Å². The van der Waals surface area contributed by atoms with Gasteiger partial charge in [0.05, 0.1) is 11.4 Å². The van der Waals surface area contributed by atoms with Crippen molar-refractivity contribution in [1.82, 2.24) is 10.2 Å². The summed E-state index contributed by atoms with van der Waals surface area (Å²) in [6, 6.07) is 16.5. The topological polar surface area (TPSA) is 61.9 Å². The van der Waals surface area contributed by atoms with Crippen LogP contribution in [0.2, 0.25) is 0 Å². The molecule has 0 amide bonds. The summed E-state index contributed by atoms with van der Waals surface area (Å²) in [7, 11) is -3.67. The highest BCUT2D eigenvalue weighted by atomic mass is 35.5. The molecule has 0 aromatic heterocycles. The number of sulfonamides is 1. The van der Waals surface area contributed by atoms with E-state index in [1.807, 2.05) is 48.5 Å². The Morgan fingerprint density at radius 3 is 2.48 bits per heavy atom. The maximum Gasteiger partial charge on any atom is 0.278 e. The van der Waals surface area contributed by atoms with E-state index in [4.69, 9.17) is 4.74 Å². The average molecular weight is 460 g/mol. The Morgan fingerprint density at radius 1 is 0.966 bits per heavy atom. The normalized spacial score (nSPS) is 21.0. The monoisotopic (exact) mass is 459 g/mol. The number of ether oxygens (including phenoxy) is 1. The predicted molar refractivity (Wildman–Crippen MR) is 121 cm³/mol. The fraction of sp³-hybridized carbons (Fsp3) is 0.400. The SMILES string of the molecule is Cl.Cl.O=S1(=O)C(CCN2CCCNCC2)Oc2ccccc2N1c1ccccc1. The molecule has 2 aliphatic rings. The Bertz CT molecular complexity index is 876. The van der Waals surface area contributed by atoms with E-state index in [1.54, 1.807) is 6.07 Å². The number of fused-ring (bicyclic) bond motifs is 1. The molecule has 1 saturated heterocycles. The molecule has 0 aliphatic carbocycles. The molecule has 2 aliphatic heterocycles. The second-order valence-corrected chi connectivity index (χ2v) is 8.81. The molecular formula is C20H27Cl2N3O3S. The number of anilines is 2. The van der Waals surface area contributed by atoms with Crippen LogP contribution in [0.25, 0.3) is 0 Å². The van der Waals surface area contributed by atoms with Gasteiger partial charge in [0.25, 0.3) is 10.0 Å². The Morgan fingerprint density at radius 2 is 1.69 bits per heavy atom. The van der Waals surface area contributed by atoms with Gasteiger partial charge >= 0.3 is 0 Å². The standard InChI is InChI=1S/C20H25N3O3S.2ClH/c24-27(25)20(11-15-22-14-6-12-21-13-16-22)26-19-10-5-4-9-18(19)23(27)17-7-2-1-3-8-17;;/h1-5,7-10,20-21H,6,11-16H2;2*1H. The summed E-state index contributed by atoms with van der Waals surface area (Å²) in [6.45, 7) is 4.59. The molecule has 1 atom stereocenters. The van der Waals surface area contributed by atoms with Crippen LogP contribution >= 0.6 is 24.8 Å². The van der Waals surface area contributed by atoms with Crippen LogP contribution in [0.4, 0.5) is 11.4 Å². The van der Waals surface area contributed by atoms with Crippen molar-refractivity contribution in [3.63, 3.8) is 0 Å². The van der Waals surface area contributed by atoms with Crippen LogP contribution in [0.3, 0.4) is 0 Å². The number of nitrogens with zero attached hydrogens (tertiary/aromatic N) is 2. The summed E-state index contributed by atoms with van der Waals surface area (Å²) in [5.74, 6) is 0.610. The molecule has 1 N–H and O–H groups in total. The summed E-state index contributed by atoms with van der Waals surface area (Å²) in [4.78, 5) is 2.31. The summed E-state index contributed by atoms with van der Waals surface area (Å²) in [5.41, 5.74) is 0.319. The van der Waals surface area contributed by atoms with Gasteiger partial charge in [-0.25, -0.2) is 12.7 Å². The van der Waals surface area contributed by atoms with E-state index in [2.05, 4.69) is 10.2 Å². The van der Waals surface area contributed by atoms with Gasteiger partial charge in [0.2, 0.25) is 5.44 Å². The van der Waals surface area contributed by atoms with Gasteiger partial charge in [0, 0.05) is 26.1 Å². The van der Waals surface area contributed by atoms with Gasteiger partial charge < -0.3 is 15.0 Å². The number of para-hydroxylation sites is 3. The first-order valence-electron chi connectivity index (χ1n) is 9.44. The Labute approximate surface area is 185 Å². The summed E-state index contributed by atoms with van der Waals surface area (Å²) in [6.07, 6.45) is 1.53. The fourth-order valence-corrected chi connectivity index (χ4v) is 5.36. The first-order chi connectivity index (χ1) is 13.2. The van der Waals surface area contributed by atoms with Crippen LogP contribution < -0.4 is 14.4 Å². The number of rotatable bonds is 4. The van der Waals surface area contributed by atoms with Gasteiger partial charge in [-0.2, -0.15) is 0 Å². The Balaban J connectivity index is 0.00000150. The van der Waals surface area contributed by atoms with E-state index >= 15 is 0 Å². The van der Waals surface area contributed by atoms with Crippen molar-refractivity contribution in [2.24, 2.45) is 0 Å². The Hall–Kier alpha value is -1.51. The lowest BCUT2D eigenvalue weighted by Crippen LogP contribution is -2.44. The highest BCUT2D eigenvalue weighted by Gasteiger charge is 2.41. The van der Waals surface area contributed by atoms with Crippen molar-refractivity contribution in [3.05, 3.63) is 54.6 Å². The van der Waals surface area contributed by atoms with Gasteiger partial charge in [0.15, 0.2) is 0 Å². The average Bonchev–Trinajstić information content (AvgIpc) is 2.95. The van der Waals surface area contributed by atoms with Crippen molar-refractivity contribution >= 4 is 46.2 Å². The van der Waals surface area contributed by atoms with E-state index in [0.29, 0.717) is 30.1 Å². The number of nitrogens with one attached hydrogen (secondary N) is 1. The van der Waals surface area contributed by atoms with Gasteiger partial charge in [-0.05, 0) is 43.8 Å². The number of hydrogen-bond donors (Lipinski definition) is 1. The van der Waals surface area contributed by atoms with Crippen molar-refractivity contribution < 1.29 is 13.2 Å². The molecule has 0 radical (unpaired) electrons. The summed E-state index contributed by atoms with van der Waals surface area (Å²) < 4.78 is 34.2. The van der Waals surface area contributed by atoms with Crippen LogP contribution in [0.5, 0.6) is 5.75 Å². The molecule has 160 valence electrons.